The molecule has 0 aliphatic heterocycles. The molecule has 0 fully saturated rings. The van der Waals surface area contributed by atoms with Crippen LogP contribution in [0, 0.1) is 12.7 Å². The average Bonchev–Trinajstić information content (AvgIpc) is 3.07. The summed E-state index contributed by atoms with van der Waals surface area (Å²) in [6, 6.07) is 13.8. The predicted molar refractivity (Wildman–Crippen MR) is 105 cm³/mol. The average molecular weight is 399 g/mol. The van der Waals surface area contributed by atoms with Crippen LogP contribution < -0.4 is 4.72 Å². The van der Waals surface area contributed by atoms with E-state index in [2.05, 4.69) is 14.7 Å². The van der Waals surface area contributed by atoms with E-state index >= 15 is 0 Å². The van der Waals surface area contributed by atoms with Crippen molar-refractivity contribution >= 4 is 37.4 Å². The number of hydrogen-bond donors (Lipinski definition) is 1. The Hall–Kier alpha value is -2.84. The van der Waals surface area contributed by atoms with E-state index in [1.165, 1.54) is 23.5 Å². The summed E-state index contributed by atoms with van der Waals surface area (Å²) in [6.07, 6.45) is 1.71. The predicted octanol–water partition coefficient (Wildman–Crippen LogP) is 4.61. The van der Waals surface area contributed by atoms with Crippen molar-refractivity contribution in [2.45, 2.75) is 11.8 Å². The maximum Gasteiger partial charge on any atom is 0.261 e. The molecule has 1 N–H and O–H groups in total. The third-order valence-corrected chi connectivity index (χ3v) is 6.49. The van der Waals surface area contributed by atoms with Crippen LogP contribution in [0.3, 0.4) is 0 Å². The summed E-state index contributed by atoms with van der Waals surface area (Å²) in [5, 5.41) is 0.768. The highest BCUT2D eigenvalue weighted by molar-refractivity contribution is 7.92. The van der Waals surface area contributed by atoms with Gasteiger partial charge in [0.25, 0.3) is 10.0 Å². The normalized spacial score (nSPS) is 11.6. The summed E-state index contributed by atoms with van der Waals surface area (Å²) >= 11 is 1.45. The molecular formula is C19H14FN3O2S2. The zero-order chi connectivity index (χ0) is 19.0. The van der Waals surface area contributed by atoms with Gasteiger partial charge in [-0.2, -0.15) is 0 Å². The number of aromatic nitrogens is 2. The van der Waals surface area contributed by atoms with Gasteiger partial charge in [-0.05, 0) is 55.0 Å². The van der Waals surface area contributed by atoms with Crippen LogP contribution in [-0.4, -0.2) is 18.4 Å². The smallest absolute Gasteiger partial charge is 0.261 e. The van der Waals surface area contributed by atoms with Crippen LogP contribution in [0.2, 0.25) is 0 Å². The van der Waals surface area contributed by atoms with Crippen LogP contribution in [0.25, 0.3) is 20.9 Å². The maximum absolute atomic E-state index is 13.1. The van der Waals surface area contributed by atoms with E-state index in [0.29, 0.717) is 5.69 Å². The van der Waals surface area contributed by atoms with Gasteiger partial charge in [-0.1, -0.05) is 23.5 Å². The highest BCUT2D eigenvalue weighted by Gasteiger charge is 2.17. The van der Waals surface area contributed by atoms with Crippen LogP contribution in [0.4, 0.5) is 10.1 Å². The second kappa shape index (κ2) is 6.71. The van der Waals surface area contributed by atoms with Crippen molar-refractivity contribution in [3.05, 3.63) is 72.2 Å². The summed E-state index contributed by atoms with van der Waals surface area (Å²) in [5.41, 5.74) is 2.83. The van der Waals surface area contributed by atoms with Crippen LogP contribution >= 0.6 is 11.3 Å². The Labute approximate surface area is 159 Å². The molecule has 0 radical (unpaired) electrons. The van der Waals surface area contributed by atoms with Crippen molar-refractivity contribution in [2.75, 3.05) is 4.72 Å². The number of nitrogens with one attached hydrogen (secondary N) is 1. The number of thiazole rings is 1. The Morgan fingerprint density at radius 3 is 2.56 bits per heavy atom. The van der Waals surface area contributed by atoms with Gasteiger partial charge in [0.05, 0.1) is 10.6 Å². The molecule has 0 unspecified atom stereocenters. The van der Waals surface area contributed by atoms with Crippen molar-refractivity contribution in [2.24, 2.45) is 0 Å². The zero-order valence-corrected chi connectivity index (χ0v) is 15.8. The van der Waals surface area contributed by atoms with Gasteiger partial charge in [-0.3, -0.25) is 4.72 Å². The van der Waals surface area contributed by atoms with E-state index < -0.39 is 15.8 Å². The Bertz CT molecular complexity index is 1200. The number of nitrogens with zero attached hydrogens (tertiary/aromatic N) is 2. The Kier molecular flexibility index (Phi) is 4.37. The molecule has 2 aromatic heterocycles. The second-order valence-corrected chi connectivity index (χ2v) is 8.54. The van der Waals surface area contributed by atoms with Crippen LogP contribution in [0.1, 0.15) is 5.56 Å². The number of hydrogen-bond acceptors (Lipinski definition) is 5. The molecular weight excluding hydrogens is 385 g/mol. The van der Waals surface area contributed by atoms with Gasteiger partial charge in [-0.25, -0.2) is 22.8 Å². The summed E-state index contributed by atoms with van der Waals surface area (Å²) < 4.78 is 40.8. The maximum atomic E-state index is 13.1. The van der Waals surface area contributed by atoms with E-state index in [0.717, 1.165) is 38.6 Å². The first-order valence-electron chi connectivity index (χ1n) is 8.04. The minimum Gasteiger partial charge on any atom is -0.279 e. The summed E-state index contributed by atoms with van der Waals surface area (Å²) in [6.45, 7) is 1.83. The highest BCUT2D eigenvalue weighted by Crippen LogP contribution is 2.34. The minimum absolute atomic E-state index is 0.00195. The second-order valence-electron chi connectivity index (χ2n) is 5.88. The van der Waals surface area contributed by atoms with Gasteiger partial charge in [0.1, 0.15) is 21.2 Å². The van der Waals surface area contributed by atoms with E-state index in [1.54, 1.807) is 18.3 Å². The molecule has 0 aliphatic rings. The molecule has 2 heterocycles. The molecule has 0 aliphatic carbocycles. The number of sulfonamides is 1. The zero-order valence-electron chi connectivity index (χ0n) is 14.2. The molecule has 27 heavy (non-hydrogen) atoms. The van der Waals surface area contributed by atoms with Gasteiger partial charge in [0, 0.05) is 11.8 Å². The molecule has 4 rings (SSSR count). The van der Waals surface area contributed by atoms with Crippen LogP contribution in [-0.2, 0) is 10.0 Å². The summed E-state index contributed by atoms with van der Waals surface area (Å²) in [5.74, 6) is -0.489. The van der Waals surface area contributed by atoms with Crippen molar-refractivity contribution in [3.8, 4) is 10.6 Å². The fourth-order valence-electron chi connectivity index (χ4n) is 2.68. The van der Waals surface area contributed by atoms with Crippen molar-refractivity contribution in [1.29, 1.82) is 0 Å². The first-order valence-corrected chi connectivity index (χ1v) is 10.3. The molecule has 0 atom stereocenters. The fraction of sp³-hybridized carbons (Fsp3) is 0.0526. The molecule has 5 nitrogen and oxygen atoms in total. The van der Waals surface area contributed by atoms with Gasteiger partial charge >= 0.3 is 0 Å². The summed E-state index contributed by atoms with van der Waals surface area (Å²) in [4.78, 5) is 9.71. The number of pyridine rings is 1. The molecule has 2 aromatic carbocycles. The van der Waals surface area contributed by atoms with Crippen molar-refractivity contribution < 1.29 is 12.8 Å². The van der Waals surface area contributed by atoms with E-state index in [9.17, 15) is 12.8 Å². The Morgan fingerprint density at radius 2 is 1.81 bits per heavy atom. The van der Waals surface area contributed by atoms with Gasteiger partial charge in [0.2, 0.25) is 0 Å². The molecule has 136 valence electrons. The molecule has 4 aromatic rings. The molecule has 0 spiro atoms. The standard InChI is InChI=1S/C19H14FN3O2S2/c1-12-15(18-22-17-6-3-11-21-19(17)26-18)4-2-5-16(12)23-27(24,25)14-9-7-13(20)8-10-14/h2-11,23H,1H3. The lowest BCUT2D eigenvalue weighted by Crippen LogP contribution is -2.14. The topological polar surface area (TPSA) is 72.0 Å². The fourth-order valence-corrected chi connectivity index (χ4v) is 4.79. The Balaban J connectivity index is 1.72. The van der Waals surface area contributed by atoms with Crippen molar-refractivity contribution in [1.82, 2.24) is 9.97 Å². The van der Waals surface area contributed by atoms with Crippen molar-refractivity contribution in [3.63, 3.8) is 0 Å². The first-order chi connectivity index (χ1) is 12.9. The van der Waals surface area contributed by atoms with E-state index in [4.69, 9.17) is 0 Å². The van der Waals surface area contributed by atoms with Gasteiger partial charge in [-0.15, -0.1) is 0 Å². The molecule has 0 saturated carbocycles. The number of halogens is 1. The number of benzene rings is 2. The quantitative estimate of drug-likeness (QED) is 0.544. The minimum atomic E-state index is -3.82. The van der Waals surface area contributed by atoms with Crippen LogP contribution in [0.15, 0.2) is 65.7 Å². The van der Waals surface area contributed by atoms with Crippen LogP contribution in [0.5, 0.6) is 0 Å². The lowest BCUT2D eigenvalue weighted by atomic mass is 10.1. The summed E-state index contributed by atoms with van der Waals surface area (Å²) in [7, 11) is -3.82. The van der Waals surface area contributed by atoms with E-state index in [-0.39, 0.29) is 4.90 Å². The largest absolute Gasteiger partial charge is 0.279 e. The number of fused-ring (bicyclic) bond motifs is 1. The van der Waals surface area contributed by atoms with Gasteiger partial charge in [0.15, 0.2) is 0 Å². The number of anilines is 1. The molecule has 0 saturated heterocycles. The lowest BCUT2D eigenvalue weighted by molar-refractivity contribution is 0.599. The molecule has 0 bridgehead atoms. The van der Waals surface area contributed by atoms with Gasteiger partial charge < -0.3 is 0 Å². The molecule has 8 heteroatoms. The lowest BCUT2D eigenvalue weighted by Gasteiger charge is -2.13. The highest BCUT2D eigenvalue weighted by atomic mass is 32.2. The third-order valence-electron chi connectivity index (χ3n) is 4.10. The SMILES string of the molecule is Cc1c(NS(=O)(=O)c2ccc(F)cc2)cccc1-c1nc2cccnc2s1. The first kappa shape index (κ1) is 17.6. The monoisotopic (exact) mass is 399 g/mol. The Morgan fingerprint density at radius 1 is 1.04 bits per heavy atom. The number of rotatable bonds is 4. The van der Waals surface area contributed by atoms with E-state index in [1.807, 2.05) is 25.1 Å². The third kappa shape index (κ3) is 3.41. The molecule has 0 amide bonds.